The molecule has 1 atom stereocenters. The van der Waals surface area contributed by atoms with E-state index in [1.807, 2.05) is 26.2 Å². The fraction of sp³-hybridized carbons (Fsp3) is 0.538. The van der Waals surface area contributed by atoms with Gasteiger partial charge >= 0.3 is 0 Å². The lowest BCUT2D eigenvalue weighted by Crippen LogP contribution is -2.42. The third kappa shape index (κ3) is 3.11. The van der Waals surface area contributed by atoms with Crippen LogP contribution in [0.5, 0.6) is 0 Å². The van der Waals surface area contributed by atoms with Crippen LogP contribution in [-0.4, -0.2) is 22.6 Å². The molecule has 0 radical (unpaired) electrons. The summed E-state index contributed by atoms with van der Waals surface area (Å²) in [7, 11) is 1.84. The Morgan fingerprint density at radius 2 is 2.39 bits per heavy atom. The van der Waals surface area contributed by atoms with Crippen molar-refractivity contribution in [2.24, 2.45) is 7.05 Å². The Balaban J connectivity index is 1.82. The van der Waals surface area contributed by atoms with E-state index < -0.39 is 0 Å². The van der Waals surface area contributed by atoms with Gasteiger partial charge in [0.25, 0.3) is 0 Å². The van der Waals surface area contributed by atoms with Crippen LogP contribution >= 0.6 is 0 Å². The molecule has 0 saturated heterocycles. The van der Waals surface area contributed by atoms with Crippen molar-refractivity contribution in [3.8, 4) is 6.07 Å². The highest BCUT2D eigenvalue weighted by Crippen LogP contribution is 2.18. The first kappa shape index (κ1) is 12.7. The smallest absolute Gasteiger partial charge is 0.237 e. The second-order valence-corrected chi connectivity index (χ2v) is 4.84. The molecule has 0 aromatic carbocycles. The molecule has 1 heterocycles. The largest absolute Gasteiger partial charge is 0.352 e. The number of hydrogen-bond acceptors (Lipinski definition) is 3. The zero-order chi connectivity index (χ0) is 13.1. The van der Waals surface area contributed by atoms with Gasteiger partial charge in [-0.2, -0.15) is 5.26 Å². The van der Waals surface area contributed by atoms with E-state index in [0.29, 0.717) is 18.3 Å². The van der Waals surface area contributed by atoms with E-state index >= 15 is 0 Å². The van der Waals surface area contributed by atoms with Crippen LogP contribution in [0.2, 0.25) is 0 Å². The van der Waals surface area contributed by atoms with Crippen LogP contribution in [0.4, 0.5) is 0 Å². The first-order chi connectivity index (χ1) is 8.60. The molecule has 0 aliphatic heterocycles. The summed E-state index contributed by atoms with van der Waals surface area (Å²) in [5.74, 6) is 0.0499. The number of amides is 1. The molecule has 2 N–H and O–H groups in total. The zero-order valence-corrected chi connectivity index (χ0v) is 10.7. The average Bonchev–Trinajstić information content (AvgIpc) is 3.08. The van der Waals surface area contributed by atoms with Gasteiger partial charge < -0.3 is 15.2 Å². The Hall–Kier alpha value is -1.80. The predicted molar refractivity (Wildman–Crippen MR) is 67.6 cm³/mol. The minimum atomic E-state index is -0.212. The third-order valence-corrected chi connectivity index (χ3v) is 3.11. The third-order valence-electron chi connectivity index (χ3n) is 3.11. The summed E-state index contributed by atoms with van der Waals surface area (Å²) in [6.45, 7) is 2.45. The molecule has 96 valence electrons. The van der Waals surface area contributed by atoms with Gasteiger partial charge in [0, 0.05) is 25.8 Å². The standard InChI is InChI=1S/C13H18N4O/c1-9(13(18)16-11-3-4-11)15-7-10-5-12(6-14)17(2)8-10/h5,8-9,11,15H,3-4,7H2,1-2H3,(H,16,18). The lowest BCUT2D eigenvalue weighted by Gasteiger charge is -2.12. The zero-order valence-electron chi connectivity index (χ0n) is 10.7. The number of aromatic nitrogens is 1. The Bertz CT molecular complexity index is 482. The highest BCUT2D eigenvalue weighted by molar-refractivity contribution is 5.81. The lowest BCUT2D eigenvalue weighted by atomic mass is 10.2. The molecular weight excluding hydrogens is 228 g/mol. The Labute approximate surface area is 107 Å². The first-order valence-corrected chi connectivity index (χ1v) is 6.19. The van der Waals surface area contributed by atoms with E-state index in [9.17, 15) is 4.79 Å². The van der Waals surface area contributed by atoms with Crippen molar-refractivity contribution in [1.29, 1.82) is 5.26 Å². The number of carbonyl (C=O) groups is 1. The molecule has 1 aliphatic carbocycles. The van der Waals surface area contributed by atoms with Crippen molar-refractivity contribution in [2.75, 3.05) is 0 Å². The van der Waals surface area contributed by atoms with Crippen LogP contribution in [0.15, 0.2) is 12.3 Å². The number of aryl methyl sites for hydroxylation is 1. The Kier molecular flexibility index (Phi) is 3.68. The van der Waals surface area contributed by atoms with Crippen LogP contribution in [0.3, 0.4) is 0 Å². The number of nitriles is 1. The summed E-state index contributed by atoms with van der Waals surface area (Å²) in [5.41, 5.74) is 1.64. The van der Waals surface area contributed by atoms with E-state index in [1.165, 1.54) is 0 Å². The summed E-state index contributed by atoms with van der Waals surface area (Å²) in [4.78, 5) is 11.7. The molecular formula is C13H18N4O. The van der Waals surface area contributed by atoms with Crippen LogP contribution in [0.1, 0.15) is 31.0 Å². The molecule has 1 aromatic heterocycles. The molecule has 5 heteroatoms. The van der Waals surface area contributed by atoms with E-state index in [-0.39, 0.29) is 11.9 Å². The van der Waals surface area contributed by atoms with Gasteiger partial charge in [0.05, 0.1) is 6.04 Å². The molecule has 0 spiro atoms. The molecule has 1 saturated carbocycles. The quantitative estimate of drug-likeness (QED) is 0.801. The number of carbonyl (C=O) groups excluding carboxylic acids is 1. The van der Waals surface area contributed by atoms with Crippen molar-refractivity contribution >= 4 is 5.91 Å². The van der Waals surface area contributed by atoms with E-state index in [0.717, 1.165) is 18.4 Å². The first-order valence-electron chi connectivity index (χ1n) is 6.19. The fourth-order valence-electron chi connectivity index (χ4n) is 1.76. The molecule has 1 unspecified atom stereocenters. The summed E-state index contributed by atoms with van der Waals surface area (Å²) >= 11 is 0. The predicted octanol–water partition coefficient (Wildman–Crippen LogP) is 0.653. The maximum absolute atomic E-state index is 11.7. The van der Waals surface area contributed by atoms with Crippen LogP contribution < -0.4 is 10.6 Å². The van der Waals surface area contributed by atoms with Gasteiger partial charge in [-0.3, -0.25) is 4.79 Å². The monoisotopic (exact) mass is 246 g/mol. The van der Waals surface area contributed by atoms with Crippen molar-refractivity contribution in [2.45, 2.75) is 38.4 Å². The van der Waals surface area contributed by atoms with Gasteiger partial charge in [0.1, 0.15) is 11.8 Å². The van der Waals surface area contributed by atoms with Crippen LogP contribution in [-0.2, 0) is 18.4 Å². The highest BCUT2D eigenvalue weighted by atomic mass is 16.2. The molecule has 1 fully saturated rings. The molecule has 1 aromatic rings. The molecule has 2 rings (SSSR count). The van der Waals surface area contributed by atoms with Crippen LogP contribution in [0.25, 0.3) is 0 Å². The lowest BCUT2D eigenvalue weighted by molar-refractivity contribution is -0.122. The Morgan fingerprint density at radius 1 is 1.67 bits per heavy atom. The minimum Gasteiger partial charge on any atom is -0.352 e. The SMILES string of the molecule is CC(NCc1cc(C#N)n(C)c1)C(=O)NC1CC1. The van der Waals surface area contributed by atoms with Crippen molar-refractivity contribution < 1.29 is 4.79 Å². The minimum absolute atomic E-state index is 0.0499. The maximum atomic E-state index is 11.7. The summed E-state index contributed by atoms with van der Waals surface area (Å²) in [6.07, 6.45) is 4.10. The van der Waals surface area contributed by atoms with Crippen molar-refractivity contribution in [3.63, 3.8) is 0 Å². The number of nitrogens with one attached hydrogen (secondary N) is 2. The second-order valence-electron chi connectivity index (χ2n) is 4.84. The van der Waals surface area contributed by atoms with Gasteiger partial charge in [-0.15, -0.1) is 0 Å². The van der Waals surface area contributed by atoms with Crippen molar-refractivity contribution in [1.82, 2.24) is 15.2 Å². The number of rotatable bonds is 5. The normalized spacial score (nSPS) is 16.1. The summed E-state index contributed by atoms with van der Waals surface area (Å²) in [5, 5.41) is 15.0. The highest BCUT2D eigenvalue weighted by Gasteiger charge is 2.25. The maximum Gasteiger partial charge on any atom is 0.237 e. The van der Waals surface area contributed by atoms with Gasteiger partial charge in [-0.25, -0.2) is 0 Å². The summed E-state index contributed by atoms with van der Waals surface area (Å²) in [6, 6.07) is 4.13. The Morgan fingerprint density at radius 3 is 2.94 bits per heavy atom. The molecule has 1 amide bonds. The fourth-order valence-corrected chi connectivity index (χ4v) is 1.76. The molecule has 1 aliphatic rings. The molecule has 0 bridgehead atoms. The number of hydrogen-bond donors (Lipinski definition) is 2. The van der Waals surface area contributed by atoms with Crippen LogP contribution in [0, 0.1) is 11.3 Å². The van der Waals surface area contributed by atoms with Gasteiger partial charge in [-0.1, -0.05) is 0 Å². The van der Waals surface area contributed by atoms with Gasteiger partial charge in [0.2, 0.25) is 5.91 Å². The van der Waals surface area contributed by atoms with E-state index in [1.54, 1.807) is 4.57 Å². The van der Waals surface area contributed by atoms with Gasteiger partial charge in [0.15, 0.2) is 0 Å². The molecule has 5 nitrogen and oxygen atoms in total. The summed E-state index contributed by atoms with van der Waals surface area (Å²) < 4.78 is 1.78. The topological polar surface area (TPSA) is 69.8 Å². The second kappa shape index (κ2) is 5.23. The molecule has 18 heavy (non-hydrogen) atoms. The van der Waals surface area contributed by atoms with E-state index in [2.05, 4.69) is 16.7 Å². The van der Waals surface area contributed by atoms with E-state index in [4.69, 9.17) is 5.26 Å². The average molecular weight is 246 g/mol. The number of nitrogens with zero attached hydrogens (tertiary/aromatic N) is 2. The van der Waals surface area contributed by atoms with Crippen molar-refractivity contribution in [3.05, 3.63) is 23.5 Å². The van der Waals surface area contributed by atoms with Gasteiger partial charge in [-0.05, 0) is 31.4 Å².